The van der Waals surface area contributed by atoms with E-state index in [1.165, 1.54) is 32.1 Å². The summed E-state index contributed by atoms with van der Waals surface area (Å²) in [5.74, 6) is 0.722. The third kappa shape index (κ3) is 13.4. The number of allylic oxidation sites excluding steroid dienone is 8. The van der Waals surface area contributed by atoms with E-state index in [1.807, 2.05) is 0 Å². The lowest BCUT2D eigenvalue weighted by atomic mass is 10.0. The van der Waals surface area contributed by atoms with Crippen molar-refractivity contribution in [1.29, 1.82) is 0 Å². The summed E-state index contributed by atoms with van der Waals surface area (Å²) in [7, 11) is 0. The summed E-state index contributed by atoms with van der Waals surface area (Å²) in [5.41, 5.74) is 0. The molecular weight excluding hydrogens is 240 g/mol. The van der Waals surface area contributed by atoms with Crippen molar-refractivity contribution in [2.75, 3.05) is 0 Å². The predicted molar refractivity (Wildman–Crippen MR) is 94.0 cm³/mol. The molecule has 0 heteroatoms. The normalized spacial score (nSPS) is 14.3. The maximum Gasteiger partial charge on any atom is -0.0169 e. The summed E-state index contributed by atoms with van der Waals surface area (Å²) in [6.45, 7) is 6.70. The van der Waals surface area contributed by atoms with Gasteiger partial charge < -0.3 is 0 Å². The van der Waals surface area contributed by atoms with Crippen molar-refractivity contribution in [2.45, 2.75) is 72.1 Å². The molecule has 0 saturated heterocycles. The Morgan fingerprint density at radius 2 is 1.40 bits per heavy atom. The van der Waals surface area contributed by atoms with Gasteiger partial charge in [0.25, 0.3) is 0 Å². The zero-order valence-corrected chi connectivity index (χ0v) is 13.9. The Bertz CT molecular complexity index is 291. The van der Waals surface area contributed by atoms with Crippen molar-refractivity contribution < 1.29 is 0 Å². The topological polar surface area (TPSA) is 0 Å². The first kappa shape index (κ1) is 19.0. The van der Waals surface area contributed by atoms with Crippen molar-refractivity contribution >= 4 is 0 Å². The Morgan fingerprint density at radius 1 is 0.750 bits per heavy atom. The lowest BCUT2D eigenvalue weighted by Gasteiger charge is -2.05. The quantitative estimate of drug-likeness (QED) is 0.265. The van der Waals surface area contributed by atoms with Gasteiger partial charge in [-0.05, 0) is 44.4 Å². The molecule has 0 spiro atoms. The number of unbranched alkanes of at least 4 members (excludes halogenated alkanes) is 2. The molecule has 0 N–H and O–H groups in total. The van der Waals surface area contributed by atoms with E-state index in [0.29, 0.717) is 0 Å². The molecule has 0 fully saturated rings. The van der Waals surface area contributed by atoms with E-state index in [2.05, 4.69) is 69.4 Å². The van der Waals surface area contributed by atoms with Crippen molar-refractivity contribution in [3.63, 3.8) is 0 Å². The van der Waals surface area contributed by atoms with Gasteiger partial charge in [0, 0.05) is 0 Å². The molecule has 1 unspecified atom stereocenters. The summed E-state index contributed by atoms with van der Waals surface area (Å²) >= 11 is 0. The largest absolute Gasteiger partial charge is 0.0885 e. The van der Waals surface area contributed by atoms with Gasteiger partial charge in [0.2, 0.25) is 0 Å². The Balaban J connectivity index is 3.73. The lowest BCUT2D eigenvalue weighted by molar-refractivity contribution is 0.633. The van der Waals surface area contributed by atoms with Crippen molar-refractivity contribution in [3.05, 3.63) is 48.6 Å². The first-order chi connectivity index (χ1) is 9.85. The summed E-state index contributed by atoms with van der Waals surface area (Å²) in [4.78, 5) is 0. The molecule has 0 aliphatic carbocycles. The maximum atomic E-state index is 2.41. The SMILES string of the molecule is CC/C=C\C/C=C\C/C=C\CC(/C=C/CCCC)CC. The molecule has 1 atom stereocenters. The van der Waals surface area contributed by atoms with Crippen molar-refractivity contribution in [1.82, 2.24) is 0 Å². The fourth-order valence-electron chi connectivity index (χ4n) is 1.97. The van der Waals surface area contributed by atoms with E-state index in [9.17, 15) is 0 Å². The van der Waals surface area contributed by atoms with E-state index >= 15 is 0 Å². The Hall–Kier alpha value is -1.04. The van der Waals surface area contributed by atoms with Crippen LogP contribution in [-0.4, -0.2) is 0 Å². The third-order valence-corrected chi connectivity index (χ3v) is 3.38. The fourth-order valence-corrected chi connectivity index (χ4v) is 1.97. The minimum absolute atomic E-state index is 0.722. The molecule has 0 radical (unpaired) electrons. The van der Waals surface area contributed by atoms with E-state index < -0.39 is 0 Å². The summed E-state index contributed by atoms with van der Waals surface area (Å²) in [5, 5.41) is 0. The number of hydrogen-bond donors (Lipinski definition) is 0. The molecule has 0 aromatic rings. The van der Waals surface area contributed by atoms with Crippen LogP contribution in [-0.2, 0) is 0 Å². The summed E-state index contributed by atoms with van der Waals surface area (Å²) in [6.07, 6.45) is 27.9. The monoisotopic (exact) mass is 274 g/mol. The second-order valence-corrected chi connectivity index (χ2v) is 5.27. The van der Waals surface area contributed by atoms with Crippen LogP contribution in [0.1, 0.15) is 72.1 Å². The zero-order chi connectivity index (χ0) is 14.9. The van der Waals surface area contributed by atoms with Crippen LogP contribution in [0.2, 0.25) is 0 Å². The minimum Gasteiger partial charge on any atom is -0.0885 e. The average Bonchev–Trinajstić information content (AvgIpc) is 2.47. The van der Waals surface area contributed by atoms with Gasteiger partial charge in [-0.2, -0.15) is 0 Å². The molecule has 0 aromatic carbocycles. The highest BCUT2D eigenvalue weighted by molar-refractivity contribution is 4.99. The van der Waals surface area contributed by atoms with Gasteiger partial charge in [0.15, 0.2) is 0 Å². The van der Waals surface area contributed by atoms with Gasteiger partial charge in [-0.25, -0.2) is 0 Å². The van der Waals surface area contributed by atoms with E-state index in [0.717, 1.165) is 25.2 Å². The molecule has 0 heterocycles. The maximum absolute atomic E-state index is 2.41. The first-order valence-corrected chi connectivity index (χ1v) is 8.46. The highest BCUT2D eigenvalue weighted by Crippen LogP contribution is 2.12. The van der Waals surface area contributed by atoms with Crippen LogP contribution in [0, 0.1) is 5.92 Å². The zero-order valence-electron chi connectivity index (χ0n) is 13.9. The number of hydrogen-bond acceptors (Lipinski definition) is 0. The van der Waals surface area contributed by atoms with Gasteiger partial charge in [-0.1, -0.05) is 82.2 Å². The molecule has 0 nitrogen and oxygen atoms in total. The predicted octanol–water partition coefficient (Wildman–Crippen LogP) is 7.01. The molecule has 0 aromatic heterocycles. The van der Waals surface area contributed by atoms with Crippen LogP contribution in [0.5, 0.6) is 0 Å². The fraction of sp³-hybridized carbons (Fsp3) is 0.600. The van der Waals surface area contributed by atoms with Gasteiger partial charge >= 0.3 is 0 Å². The molecule has 114 valence electrons. The molecule has 0 amide bonds. The standard InChI is InChI=1S/C20H34/c1-4-7-9-11-12-13-14-15-17-19-20(6-3)18-16-10-8-5-2/h7,9,12-13,15-18,20H,4-6,8,10-11,14,19H2,1-3H3/b9-7-,13-12-,17-15-,18-16+. The molecule has 0 aliphatic heterocycles. The molecular formula is C20H34. The highest BCUT2D eigenvalue weighted by Gasteiger charge is 1.97. The molecule has 20 heavy (non-hydrogen) atoms. The highest BCUT2D eigenvalue weighted by atomic mass is 14.0. The molecule has 0 saturated carbocycles. The van der Waals surface area contributed by atoms with Crippen LogP contribution in [0.3, 0.4) is 0 Å². The van der Waals surface area contributed by atoms with Crippen molar-refractivity contribution in [2.24, 2.45) is 5.92 Å². The van der Waals surface area contributed by atoms with Gasteiger partial charge in [0.1, 0.15) is 0 Å². The smallest absolute Gasteiger partial charge is 0.0169 e. The average molecular weight is 274 g/mol. The van der Waals surface area contributed by atoms with Crippen LogP contribution in [0.25, 0.3) is 0 Å². The van der Waals surface area contributed by atoms with E-state index in [-0.39, 0.29) is 0 Å². The Labute approximate surface area is 127 Å². The van der Waals surface area contributed by atoms with Crippen LogP contribution in [0.4, 0.5) is 0 Å². The van der Waals surface area contributed by atoms with E-state index in [1.54, 1.807) is 0 Å². The van der Waals surface area contributed by atoms with Gasteiger partial charge in [-0.15, -0.1) is 0 Å². The van der Waals surface area contributed by atoms with Crippen LogP contribution >= 0.6 is 0 Å². The Kier molecular flexibility index (Phi) is 15.2. The summed E-state index contributed by atoms with van der Waals surface area (Å²) in [6, 6.07) is 0. The first-order valence-electron chi connectivity index (χ1n) is 8.46. The van der Waals surface area contributed by atoms with Crippen LogP contribution < -0.4 is 0 Å². The molecule has 0 bridgehead atoms. The summed E-state index contributed by atoms with van der Waals surface area (Å²) < 4.78 is 0. The second-order valence-electron chi connectivity index (χ2n) is 5.27. The molecule has 0 rings (SSSR count). The molecule has 0 aliphatic rings. The Morgan fingerprint density at radius 3 is 2.00 bits per heavy atom. The van der Waals surface area contributed by atoms with Gasteiger partial charge in [-0.3, -0.25) is 0 Å². The van der Waals surface area contributed by atoms with Crippen LogP contribution in [0.15, 0.2) is 48.6 Å². The second kappa shape index (κ2) is 16.0. The van der Waals surface area contributed by atoms with Crippen molar-refractivity contribution in [3.8, 4) is 0 Å². The third-order valence-electron chi connectivity index (χ3n) is 3.38. The number of rotatable bonds is 12. The lowest BCUT2D eigenvalue weighted by Crippen LogP contribution is -1.91. The minimum atomic E-state index is 0.722. The van der Waals surface area contributed by atoms with E-state index in [4.69, 9.17) is 0 Å². The van der Waals surface area contributed by atoms with Gasteiger partial charge in [0.05, 0.1) is 0 Å².